The lowest BCUT2D eigenvalue weighted by molar-refractivity contribution is -0.131. The quantitative estimate of drug-likeness (QED) is 0.405. The number of allylic oxidation sites excluding steroid dienone is 4. The van der Waals surface area contributed by atoms with E-state index in [1.165, 1.54) is 19.3 Å². The van der Waals surface area contributed by atoms with Crippen LogP contribution in [0.4, 0.5) is 0 Å². The van der Waals surface area contributed by atoms with Crippen LogP contribution in [0.1, 0.15) is 25.7 Å². The third kappa shape index (κ3) is 3.90. The Morgan fingerprint density at radius 2 is 2.22 bits per heavy atom. The van der Waals surface area contributed by atoms with Gasteiger partial charge in [-0.1, -0.05) is 6.42 Å². The third-order valence-electron chi connectivity index (χ3n) is 5.34. The number of hydrogen-bond acceptors (Lipinski definition) is 6. The first-order valence-electron chi connectivity index (χ1n) is 9.24. The van der Waals surface area contributed by atoms with Crippen molar-refractivity contribution in [3.8, 4) is 0 Å². The van der Waals surface area contributed by atoms with E-state index >= 15 is 0 Å². The summed E-state index contributed by atoms with van der Waals surface area (Å²) in [6.45, 7) is 0.536. The normalized spacial score (nSPS) is 26.8. The van der Waals surface area contributed by atoms with E-state index in [1.807, 2.05) is 0 Å². The molecule has 1 unspecified atom stereocenters. The molecule has 0 radical (unpaired) electrons. The number of aliphatic hydroxyl groups is 1. The maximum atomic E-state index is 12.8. The van der Waals surface area contributed by atoms with E-state index in [1.54, 1.807) is 25.3 Å². The highest BCUT2D eigenvalue weighted by molar-refractivity contribution is 6.15. The fourth-order valence-corrected chi connectivity index (χ4v) is 3.33. The topological polar surface area (TPSA) is 124 Å². The van der Waals surface area contributed by atoms with Crippen molar-refractivity contribution in [1.29, 1.82) is 5.41 Å². The standard InChI is InChI=1S/C19H26N4O4/c1-21-16(17(25)23-19(11-24)7-8-22-18(19)26)14-9-13(5-6-15(14)20)27-10-12-3-2-4-12/h5-6,9,12,20-21,24H,2-4,7-8,10-11H2,1H3,(H,22,26)(H,23,25)/b16-14-,20-15?. The Balaban J connectivity index is 1.79. The van der Waals surface area contributed by atoms with Gasteiger partial charge in [0.15, 0.2) is 0 Å². The SMILES string of the molecule is CN/C(C(=O)NC1(CO)CCNC1=O)=C1/C=C(OCC2CCC2)C=CC1=N. The Labute approximate surface area is 158 Å². The van der Waals surface area contributed by atoms with Gasteiger partial charge in [0.1, 0.15) is 17.0 Å². The molecule has 8 nitrogen and oxygen atoms in total. The zero-order valence-corrected chi connectivity index (χ0v) is 15.4. The molecule has 1 heterocycles. The molecule has 1 saturated heterocycles. The molecular weight excluding hydrogens is 348 g/mol. The lowest BCUT2D eigenvalue weighted by Crippen LogP contribution is -2.57. The summed E-state index contributed by atoms with van der Waals surface area (Å²) in [5.74, 6) is 0.222. The summed E-state index contributed by atoms with van der Waals surface area (Å²) in [5, 5.41) is 25.9. The second kappa shape index (κ2) is 7.96. The summed E-state index contributed by atoms with van der Waals surface area (Å²) in [7, 11) is 1.58. The van der Waals surface area contributed by atoms with Crippen molar-refractivity contribution in [2.24, 2.45) is 5.92 Å². The monoisotopic (exact) mass is 374 g/mol. The van der Waals surface area contributed by atoms with Crippen molar-refractivity contribution >= 4 is 17.5 Å². The molecule has 0 aromatic carbocycles. The van der Waals surface area contributed by atoms with E-state index in [0.29, 0.717) is 36.8 Å². The molecule has 8 heteroatoms. The molecule has 0 spiro atoms. The fraction of sp³-hybridized carbons (Fsp3) is 0.526. The minimum Gasteiger partial charge on any atom is -0.493 e. The van der Waals surface area contributed by atoms with E-state index in [2.05, 4.69) is 16.0 Å². The van der Waals surface area contributed by atoms with Gasteiger partial charge in [-0.15, -0.1) is 0 Å². The molecule has 27 heavy (non-hydrogen) atoms. The molecule has 146 valence electrons. The first-order valence-corrected chi connectivity index (χ1v) is 9.24. The van der Waals surface area contributed by atoms with Gasteiger partial charge in [-0.2, -0.15) is 0 Å². The average Bonchev–Trinajstić information content (AvgIpc) is 2.97. The molecule has 1 saturated carbocycles. The Kier molecular flexibility index (Phi) is 5.65. The van der Waals surface area contributed by atoms with Crippen LogP contribution in [0.3, 0.4) is 0 Å². The van der Waals surface area contributed by atoms with Gasteiger partial charge in [-0.3, -0.25) is 9.59 Å². The summed E-state index contributed by atoms with van der Waals surface area (Å²) in [5.41, 5.74) is -0.631. The number of carbonyl (C=O) groups excluding carboxylic acids is 2. The molecular formula is C19H26N4O4. The summed E-state index contributed by atoms with van der Waals surface area (Å²) >= 11 is 0. The van der Waals surface area contributed by atoms with Gasteiger partial charge in [0.2, 0.25) is 5.91 Å². The number of aliphatic hydroxyl groups excluding tert-OH is 1. The van der Waals surface area contributed by atoms with Gasteiger partial charge in [-0.25, -0.2) is 0 Å². The molecule has 0 aromatic heterocycles. The van der Waals surface area contributed by atoms with E-state index in [0.717, 1.165) is 0 Å². The van der Waals surface area contributed by atoms with Gasteiger partial charge < -0.3 is 31.2 Å². The van der Waals surface area contributed by atoms with Crippen LogP contribution in [0.25, 0.3) is 0 Å². The second-order valence-electron chi connectivity index (χ2n) is 7.14. The van der Waals surface area contributed by atoms with Crippen molar-refractivity contribution in [3.63, 3.8) is 0 Å². The number of likely N-dealkylation sites (N-methyl/N-ethyl adjacent to an activating group) is 1. The maximum Gasteiger partial charge on any atom is 0.268 e. The van der Waals surface area contributed by atoms with Crippen LogP contribution in [0, 0.1) is 11.3 Å². The Morgan fingerprint density at radius 1 is 1.44 bits per heavy atom. The molecule has 2 fully saturated rings. The number of carbonyl (C=O) groups is 2. The molecule has 2 amide bonds. The summed E-state index contributed by atoms with van der Waals surface area (Å²) in [6, 6.07) is 0. The fourth-order valence-electron chi connectivity index (χ4n) is 3.33. The van der Waals surface area contributed by atoms with Crippen LogP contribution < -0.4 is 16.0 Å². The van der Waals surface area contributed by atoms with Gasteiger partial charge in [-0.05, 0) is 43.4 Å². The average molecular weight is 374 g/mol. The first-order chi connectivity index (χ1) is 13.0. The summed E-state index contributed by atoms with van der Waals surface area (Å²) in [6.07, 6.45) is 8.85. The predicted octanol–water partition coefficient (Wildman–Crippen LogP) is 0.117. The zero-order chi connectivity index (χ0) is 19.4. The van der Waals surface area contributed by atoms with Crippen molar-refractivity contribution in [1.82, 2.24) is 16.0 Å². The lowest BCUT2D eigenvalue weighted by atomic mass is 9.86. The largest absolute Gasteiger partial charge is 0.493 e. The van der Waals surface area contributed by atoms with Gasteiger partial charge in [0.25, 0.3) is 5.91 Å². The highest BCUT2D eigenvalue weighted by Gasteiger charge is 2.43. The summed E-state index contributed by atoms with van der Waals surface area (Å²) < 4.78 is 5.81. The molecule has 5 N–H and O–H groups in total. The van der Waals surface area contributed by atoms with Crippen LogP contribution in [-0.2, 0) is 14.3 Å². The number of rotatable bonds is 7. The van der Waals surface area contributed by atoms with E-state index < -0.39 is 24.0 Å². The minimum absolute atomic E-state index is 0.154. The smallest absolute Gasteiger partial charge is 0.268 e. The van der Waals surface area contributed by atoms with E-state index in [4.69, 9.17) is 10.1 Å². The van der Waals surface area contributed by atoms with Crippen LogP contribution in [0.5, 0.6) is 0 Å². The zero-order valence-electron chi connectivity index (χ0n) is 15.4. The van der Waals surface area contributed by atoms with Crippen LogP contribution in [0.2, 0.25) is 0 Å². The highest BCUT2D eigenvalue weighted by Crippen LogP contribution is 2.28. The van der Waals surface area contributed by atoms with Gasteiger partial charge >= 0.3 is 0 Å². The molecule has 3 rings (SSSR count). The van der Waals surface area contributed by atoms with Crippen LogP contribution in [-0.4, -0.2) is 55.0 Å². The third-order valence-corrected chi connectivity index (χ3v) is 5.34. The Bertz CT molecular complexity index is 736. The van der Waals surface area contributed by atoms with Crippen LogP contribution in [0.15, 0.2) is 35.3 Å². The predicted molar refractivity (Wildman–Crippen MR) is 99.9 cm³/mol. The summed E-state index contributed by atoms with van der Waals surface area (Å²) in [4.78, 5) is 24.8. The lowest BCUT2D eigenvalue weighted by Gasteiger charge is -2.27. The molecule has 0 bridgehead atoms. The second-order valence-corrected chi connectivity index (χ2v) is 7.14. The molecule has 2 aliphatic carbocycles. The molecule has 3 aliphatic rings. The molecule has 1 aliphatic heterocycles. The first kappa shape index (κ1) is 19.2. The van der Waals surface area contributed by atoms with Gasteiger partial charge in [0, 0.05) is 19.2 Å². The van der Waals surface area contributed by atoms with E-state index in [-0.39, 0.29) is 11.4 Å². The maximum absolute atomic E-state index is 12.8. The number of ether oxygens (including phenoxy) is 1. The van der Waals surface area contributed by atoms with Gasteiger partial charge in [0.05, 0.1) is 18.9 Å². The number of hydrogen-bond donors (Lipinski definition) is 5. The molecule has 0 aromatic rings. The Morgan fingerprint density at radius 3 is 2.78 bits per heavy atom. The van der Waals surface area contributed by atoms with Crippen molar-refractivity contribution in [2.75, 3.05) is 26.8 Å². The van der Waals surface area contributed by atoms with Crippen molar-refractivity contribution in [2.45, 2.75) is 31.2 Å². The molecule has 1 atom stereocenters. The number of amides is 2. The number of nitrogens with one attached hydrogen (secondary N) is 4. The van der Waals surface area contributed by atoms with Crippen LogP contribution >= 0.6 is 0 Å². The highest BCUT2D eigenvalue weighted by atomic mass is 16.5. The van der Waals surface area contributed by atoms with E-state index in [9.17, 15) is 14.7 Å². The minimum atomic E-state index is -1.33. The van der Waals surface area contributed by atoms with Crippen molar-refractivity contribution in [3.05, 3.63) is 35.3 Å². The Hall–Kier alpha value is -2.61. The van der Waals surface area contributed by atoms with Crippen molar-refractivity contribution < 1.29 is 19.4 Å².